The number of para-hydroxylation sites is 1. The molecule has 1 aliphatic carbocycles. The van der Waals surface area contributed by atoms with Crippen molar-refractivity contribution in [1.82, 2.24) is 9.80 Å². The minimum absolute atomic E-state index is 0.0559. The van der Waals surface area contributed by atoms with Gasteiger partial charge in [-0.15, -0.1) is 0 Å². The fraction of sp³-hybridized carbons (Fsp3) is 0.565. The van der Waals surface area contributed by atoms with Crippen LogP contribution in [-0.2, 0) is 16.0 Å². The highest BCUT2D eigenvalue weighted by atomic mass is 16.2. The van der Waals surface area contributed by atoms with Crippen molar-refractivity contribution in [3.63, 3.8) is 0 Å². The Balaban J connectivity index is 1.24. The zero-order valence-corrected chi connectivity index (χ0v) is 16.8. The molecule has 1 aromatic carbocycles. The van der Waals surface area contributed by atoms with Gasteiger partial charge in [-0.05, 0) is 43.9 Å². The van der Waals surface area contributed by atoms with Gasteiger partial charge in [-0.25, -0.2) is 0 Å². The zero-order valence-electron chi connectivity index (χ0n) is 16.8. The lowest BCUT2D eigenvalue weighted by molar-refractivity contribution is -0.140. The molecule has 2 saturated heterocycles. The van der Waals surface area contributed by atoms with E-state index in [1.807, 2.05) is 12.2 Å². The topological polar surface area (TPSA) is 43.9 Å². The van der Waals surface area contributed by atoms with Crippen molar-refractivity contribution >= 4 is 17.5 Å². The van der Waals surface area contributed by atoms with Crippen LogP contribution in [0.25, 0.3) is 0 Å². The van der Waals surface area contributed by atoms with Crippen LogP contribution in [0.5, 0.6) is 0 Å². The van der Waals surface area contributed by atoms with Crippen LogP contribution in [0.4, 0.5) is 5.69 Å². The van der Waals surface area contributed by atoms with Crippen LogP contribution >= 0.6 is 0 Å². The quantitative estimate of drug-likeness (QED) is 0.561. The molecule has 0 spiro atoms. The summed E-state index contributed by atoms with van der Waals surface area (Å²) in [5.41, 5.74) is 2.78. The normalized spacial score (nSPS) is 25.5. The predicted molar refractivity (Wildman–Crippen MR) is 111 cm³/mol. The van der Waals surface area contributed by atoms with Gasteiger partial charge >= 0.3 is 0 Å². The number of imide groups is 1. The highest BCUT2D eigenvalue weighted by Gasteiger charge is 2.46. The van der Waals surface area contributed by atoms with Crippen LogP contribution in [0, 0.1) is 11.8 Å². The number of nitrogens with zero attached hydrogens (tertiary/aromatic N) is 3. The first-order valence-corrected chi connectivity index (χ1v) is 10.7. The number of carbonyl (C=O) groups excluding carboxylic acids is 2. The van der Waals surface area contributed by atoms with Crippen molar-refractivity contribution < 1.29 is 9.59 Å². The standard InChI is InChI=1S/C23H31N3O2/c1-2-18-8-3-6-11-21(18)25-16-14-24(15-17-25)12-7-13-26-22(27)19-9-4-5-10-20(19)23(26)28/h3-6,8,11,19-20H,2,7,9-10,12-17H2,1H3. The third kappa shape index (κ3) is 3.72. The van der Waals surface area contributed by atoms with Gasteiger partial charge < -0.3 is 4.90 Å². The molecule has 4 rings (SSSR count). The summed E-state index contributed by atoms with van der Waals surface area (Å²) in [6.07, 6.45) is 7.49. The molecule has 1 aromatic rings. The number of anilines is 1. The molecule has 0 aromatic heterocycles. The molecule has 150 valence electrons. The van der Waals surface area contributed by atoms with Gasteiger partial charge in [0.1, 0.15) is 0 Å². The fourth-order valence-electron chi connectivity index (χ4n) is 4.87. The smallest absolute Gasteiger partial charge is 0.233 e. The molecular weight excluding hydrogens is 350 g/mol. The Labute approximate surface area is 168 Å². The first kappa shape index (κ1) is 19.2. The first-order chi connectivity index (χ1) is 13.7. The molecular formula is C23H31N3O2. The Morgan fingerprint density at radius 3 is 2.18 bits per heavy atom. The fourth-order valence-corrected chi connectivity index (χ4v) is 4.87. The van der Waals surface area contributed by atoms with Crippen LogP contribution in [0.2, 0.25) is 0 Å². The second-order valence-electron chi connectivity index (χ2n) is 8.15. The number of fused-ring (bicyclic) bond motifs is 1. The third-order valence-electron chi connectivity index (χ3n) is 6.54. The average molecular weight is 382 g/mol. The summed E-state index contributed by atoms with van der Waals surface area (Å²) in [6.45, 7) is 7.88. The van der Waals surface area contributed by atoms with Crippen molar-refractivity contribution in [2.45, 2.75) is 32.6 Å². The summed E-state index contributed by atoms with van der Waals surface area (Å²) in [5, 5.41) is 0. The Hall–Kier alpha value is -2.14. The number of carbonyl (C=O) groups is 2. The maximum Gasteiger partial charge on any atom is 0.233 e. The molecule has 0 bridgehead atoms. The number of likely N-dealkylation sites (tertiary alicyclic amines) is 1. The van der Waals surface area contributed by atoms with E-state index in [1.54, 1.807) is 0 Å². The molecule has 28 heavy (non-hydrogen) atoms. The van der Waals surface area contributed by atoms with E-state index in [0.717, 1.165) is 58.4 Å². The van der Waals surface area contributed by atoms with Crippen molar-refractivity contribution in [2.24, 2.45) is 11.8 Å². The minimum Gasteiger partial charge on any atom is -0.369 e. The van der Waals surface area contributed by atoms with Crippen molar-refractivity contribution in [3.05, 3.63) is 42.0 Å². The average Bonchev–Trinajstić information content (AvgIpc) is 2.99. The molecule has 2 unspecified atom stereocenters. The molecule has 0 saturated carbocycles. The summed E-state index contributed by atoms with van der Waals surface area (Å²) in [4.78, 5) is 31.6. The SMILES string of the molecule is CCc1ccccc1N1CCN(CCCN2C(=O)C3CC=CCC3C2=O)CC1. The first-order valence-electron chi connectivity index (χ1n) is 10.7. The van der Waals surface area contributed by atoms with Gasteiger partial charge in [0.2, 0.25) is 11.8 Å². The van der Waals surface area contributed by atoms with E-state index in [2.05, 4.69) is 41.0 Å². The van der Waals surface area contributed by atoms with Crippen LogP contribution < -0.4 is 4.90 Å². The van der Waals surface area contributed by atoms with Crippen LogP contribution in [0.1, 0.15) is 31.7 Å². The Bertz CT molecular complexity index is 726. The van der Waals surface area contributed by atoms with Crippen LogP contribution in [-0.4, -0.2) is 60.9 Å². The van der Waals surface area contributed by atoms with E-state index < -0.39 is 0 Å². The summed E-state index contributed by atoms with van der Waals surface area (Å²) < 4.78 is 0. The van der Waals surface area contributed by atoms with E-state index in [4.69, 9.17) is 0 Å². The van der Waals surface area contributed by atoms with Gasteiger partial charge in [0.15, 0.2) is 0 Å². The van der Waals surface area contributed by atoms with E-state index >= 15 is 0 Å². The number of piperazine rings is 1. The second-order valence-corrected chi connectivity index (χ2v) is 8.15. The maximum absolute atomic E-state index is 12.5. The molecule has 3 aliphatic rings. The third-order valence-corrected chi connectivity index (χ3v) is 6.54. The van der Waals surface area contributed by atoms with Crippen molar-refractivity contribution in [2.75, 3.05) is 44.2 Å². The summed E-state index contributed by atoms with van der Waals surface area (Å²) >= 11 is 0. The second kappa shape index (κ2) is 8.48. The predicted octanol–water partition coefficient (Wildman–Crippen LogP) is 2.71. The molecule has 2 atom stereocenters. The van der Waals surface area contributed by atoms with Crippen molar-refractivity contribution in [1.29, 1.82) is 0 Å². The van der Waals surface area contributed by atoms with Crippen molar-refractivity contribution in [3.8, 4) is 0 Å². The number of amides is 2. The van der Waals surface area contributed by atoms with E-state index in [-0.39, 0.29) is 23.7 Å². The largest absolute Gasteiger partial charge is 0.369 e. The van der Waals surface area contributed by atoms with E-state index in [9.17, 15) is 9.59 Å². The summed E-state index contributed by atoms with van der Waals surface area (Å²) in [7, 11) is 0. The van der Waals surface area contributed by atoms with Gasteiger partial charge in [-0.2, -0.15) is 0 Å². The van der Waals surface area contributed by atoms with Gasteiger partial charge in [-0.3, -0.25) is 19.4 Å². The lowest BCUT2D eigenvalue weighted by Crippen LogP contribution is -2.47. The highest BCUT2D eigenvalue weighted by Crippen LogP contribution is 2.35. The molecule has 2 heterocycles. The highest BCUT2D eigenvalue weighted by molar-refractivity contribution is 6.05. The van der Waals surface area contributed by atoms with E-state index in [1.165, 1.54) is 16.2 Å². The summed E-state index contributed by atoms with van der Waals surface area (Å²) in [6, 6.07) is 8.69. The molecule has 2 fully saturated rings. The molecule has 5 heteroatoms. The minimum atomic E-state index is -0.0975. The zero-order chi connectivity index (χ0) is 19.5. The van der Waals surface area contributed by atoms with Crippen LogP contribution in [0.3, 0.4) is 0 Å². The van der Waals surface area contributed by atoms with Gasteiger partial charge in [0.05, 0.1) is 11.8 Å². The number of hydrogen-bond acceptors (Lipinski definition) is 4. The maximum atomic E-state index is 12.5. The van der Waals surface area contributed by atoms with Gasteiger partial charge in [0.25, 0.3) is 0 Å². The van der Waals surface area contributed by atoms with Gasteiger partial charge in [-0.1, -0.05) is 37.3 Å². The molecule has 0 N–H and O–H groups in total. The lowest BCUT2D eigenvalue weighted by atomic mass is 9.85. The number of aryl methyl sites for hydroxylation is 1. The van der Waals surface area contributed by atoms with E-state index in [0.29, 0.717) is 6.54 Å². The Kier molecular flexibility index (Phi) is 5.81. The number of rotatable bonds is 6. The Morgan fingerprint density at radius 1 is 0.893 bits per heavy atom. The van der Waals surface area contributed by atoms with Gasteiger partial charge in [0, 0.05) is 38.4 Å². The summed E-state index contributed by atoms with van der Waals surface area (Å²) in [5.74, 6) is -0.0833. The molecule has 2 amide bonds. The number of allylic oxidation sites excluding steroid dienone is 2. The molecule has 0 radical (unpaired) electrons. The Morgan fingerprint density at radius 2 is 1.54 bits per heavy atom. The monoisotopic (exact) mass is 381 g/mol. The molecule has 2 aliphatic heterocycles. The van der Waals surface area contributed by atoms with Crippen LogP contribution in [0.15, 0.2) is 36.4 Å². The number of benzene rings is 1. The lowest BCUT2D eigenvalue weighted by Gasteiger charge is -2.37. The number of hydrogen-bond donors (Lipinski definition) is 0. The molecule has 5 nitrogen and oxygen atoms in total.